The number of anilines is 1. The molecule has 1 heterocycles. The predicted octanol–water partition coefficient (Wildman–Crippen LogP) is 3.25. The first-order valence-electron chi connectivity index (χ1n) is 8.47. The maximum Gasteiger partial charge on any atom is 0.266 e. The minimum atomic E-state index is -0.389. The monoisotopic (exact) mass is 430 g/mol. The molecule has 1 fully saturated rings. The Morgan fingerprint density at radius 3 is 2.52 bits per heavy atom. The Kier molecular flexibility index (Phi) is 6.40. The van der Waals surface area contributed by atoms with E-state index in [0.29, 0.717) is 26.4 Å². The highest BCUT2D eigenvalue weighted by molar-refractivity contribution is 8.26. The van der Waals surface area contributed by atoms with Crippen LogP contribution in [-0.4, -0.2) is 46.9 Å². The number of benzene rings is 2. The van der Waals surface area contributed by atoms with Gasteiger partial charge in [0.2, 0.25) is 5.91 Å². The van der Waals surface area contributed by atoms with E-state index in [0.717, 1.165) is 17.3 Å². The topological polar surface area (TPSA) is 88.1 Å². The van der Waals surface area contributed by atoms with Crippen molar-refractivity contribution in [2.24, 2.45) is 0 Å². The molecular weight excluding hydrogens is 412 g/mol. The SMILES string of the molecule is COc1ccc(/C=C2/SC(=S)N(CC(=O)Nc3ccc(O)cc3)C2=O)cc1OC. The maximum atomic E-state index is 12.7. The third-order valence-corrected chi connectivity index (χ3v) is 5.41. The number of phenolic OH excluding ortho intramolecular Hbond substituents is 1. The minimum absolute atomic E-state index is 0.0974. The lowest BCUT2D eigenvalue weighted by molar-refractivity contribution is -0.126. The van der Waals surface area contributed by atoms with Crippen LogP contribution in [0.1, 0.15) is 5.56 Å². The molecule has 0 aromatic heterocycles. The largest absolute Gasteiger partial charge is 0.508 e. The summed E-state index contributed by atoms with van der Waals surface area (Å²) in [6.07, 6.45) is 1.69. The summed E-state index contributed by atoms with van der Waals surface area (Å²) in [5, 5.41) is 12.0. The summed E-state index contributed by atoms with van der Waals surface area (Å²) in [6.45, 7) is -0.200. The van der Waals surface area contributed by atoms with Gasteiger partial charge < -0.3 is 19.9 Å². The molecule has 0 saturated carbocycles. The van der Waals surface area contributed by atoms with Gasteiger partial charge in [-0.3, -0.25) is 14.5 Å². The Morgan fingerprint density at radius 2 is 1.86 bits per heavy atom. The van der Waals surface area contributed by atoms with Crippen LogP contribution in [0.4, 0.5) is 5.69 Å². The van der Waals surface area contributed by atoms with Gasteiger partial charge in [-0.15, -0.1) is 0 Å². The Morgan fingerprint density at radius 1 is 1.17 bits per heavy atom. The van der Waals surface area contributed by atoms with Gasteiger partial charge in [0.15, 0.2) is 11.5 Å². The van der Waals surface area contributed by atoms with E-state index in [9.17, 15) is 14.7 Å². The van der Waals surface area contributed by atoms with Crippen LogP contribution in [-0.2, 0) is 9.59 Å². The van der Waals surface area contributed by atoms with Crippen molar-refractivity contribution in [1.29, 1.82) is 0 Å². The highest BCUT2D eigenvalue weighted by Gasteiger charge is 2.33. The molecule has 0 bridgehead atoms. The average molecular weight is 431 g/mol. The lowest BCUT2D eigenvalue weighted by Crippen LogP contribution is -2.36. The van der Waals surface area contributed by atoms with E-state index in [-0.39, 0.29) is 24.1 Å². The van der Waals surface area contributed by atoms with Crippen molar-refractivity contribution in [3.63, 3.8) is 0 Å². The number of ether oxygens (including phenoxy) is 2. The summed E-state index contributed by atoms with van der Waals surface area (Å²) in [5.41, 5.74) is 1.26. The summed E-state index contributed by atoms with van der Waals surface area (Å²) < 4.78 is 10.8. The van der Waals surface area contributed by atoms with Gasteiger partial charge in [-0.2, -0.15) is 0 Å². The summed E-state index contributed by atoms with van der Waals surface area (Å²) in [7, 11) is 3.08. The van der Waals surface area contributed by atoms with Crippen molar-refractivity contribution in [2.75, 3.05) is 26.1 Å². The van der Waals surface area contributed by atoms with E-state index in [1.54, 1.807) is 43.5 Å². The van der Waals surface area contributed by atoms with Gasteiger partial charge in [0, 0.05) is 5.69 Å². The zero-order valence-electron chi connectivity index (χ0n) is 15.7. The van der Waals surface area contributed by atoms with Gasteiger partial charge in [-0.1, -0.05) is 30.0 Å². The first-order valence-corrected chi connectivity index (χ1v) is 9.70. The molecule has 0 spiro atoms. The molecule has 2 aromatic carbocycles. The number of aromatic hydroxyl groups is 1. The summed E-state index contributed by atoms with van der Waals surface area (Å²) in [4.78, 5) is 26.7. The number of thioether (sulfide) groups is 1. The van der Waals surface area contributed by atoms with E-state index >= 15 is 0 Å². The second kappa shape index (κ2) is 8.97. The molecule has 2 aromatic rings. The van der Waals surface area contributed by atoms with Crippen LogP contribution in [0.25, 0.3) is 6.08 Å². The second-order valence-corrected chi connectivity index (χ2v) is 7.65. The zero-order valence-corrected chi connectivity index (χ0v) is 17.3. The number of rotatable bonds is 6. The lowest BCUT2D eigenvalue weighted by Gasteiger charge is -2.14. The van der Waals surface area contributed by atoms with Gasteiger partial charge >= 0.3 is 0 Å². The summed E-state index contributed by atoms with van der Waals surface area (Å²) >= 11 is 6.40. The molecule has 2 N–H and O–H groups in total. The van der Waals surface area contributed by atoms with Crippen LogP contribution in [0.15, 0.2) is 47.4 Å². The molecular formula is C20H18N2O5S2. The third kappa shape index (κ3) is 4.87. The zero-order chi connectivity index (χ0) is 21.0. The van der Waals surface area contributed by atoms with Gasteiger partial charge in [-0.25, -0.2) is 0 Å². The summed E-state index contributed by atoms with van der Waals surface area (Å²) in [5.74, 6) is 0.503. The van der Waals surface area contributed by atoms with Crippen molar-refractivity contribution in [3.8, 4) is 17.2 Å². The molecule has 3 rings (SSSR count). The van der Waals surface area contributed by atoms with Crippen LogP contribution in [0, 0.1) is 0 Å². The van der Waals surface area contributed by atoms with E-state index in [1.807, 2.05) is 0 Å². The number of hydrogen-bond donors (Lipinski definition) is 2. The van der Waals surface area contributed by atoms with Crippen molar-refractivity contribution in [1.82, 2.24) is 4.90 Å². The molecule has 1 aliphatic heterocycles. The molecule has 0 unspecified atom stereocenters. The number of thiocarbonyl (C=S) groups is 1. The second-order valence-electron chi connectivity index (χ2n) is 5.98. The highest BCUT2D eigenvalue weighted by atomic mass is 32.2. The maximum absolute atomic E-state index is 12.7. The molecule has 2 amide bonds. The van der Waals surface area contributed by atoms with E-state index < -0.39 is 0 Å². The molecule has 1 saturated heterocycles. The van der Waals surface area contributed by atoms with Crippen LogP contribution in [0.3, 0.4) is 0 Å². The van der Waals surface area contributed by atoms with Crippen molar-refractivity contribution < 1.29 is 24.2 Å². The Labute approximate surface area is 177 Å². The minimum Gasteiger partial charge on any atom is -0.508 e. The highest BCUT2D eigenvalue weighted by Crippen LogP contribution is 2.34. The predicted molar refractivity (Wildman–Crippen MR) is 116 cm³/mol. The standard InChI is InChI=1S/C20H18N2O5S2/c1-26-15-8-3-12(9-16(15)27-2)10-17-19(25)22(20(28)29-17)11-18(24)21-13-4-6-14(23)7-5-13/h3-10,23H,11H2,1-2H3,(H,21,24)/b17-10+. The molecule has 0 radical (unpaired) electrons. The van der Waals surface area contributed by atoms with Crippen LogP contribution in [0.5, 0.6) is 17.2 Å². The Balaban J connectivity index is 1.71. The molecule has 29 heavy (non-hydrogen) atoms. The van der Waals surface area contributed by atoms with Gasteiger partial charge in [-0.05, 0) is 48.0 Å². The smallest absolute Gasteiger partial charge is 0.266 e. The van der Waals surface area contributed by atoms with Crippen LogP contribution in [0.2, 0.25) is 0 Å². The number of carbonyl (C=O) groups excluding carboxylic acids is 2. The molecule has 0 aliphatic carbocycles. The normalized spacial score (nSPS) is 15.0. The van der Waals surface area contributed by atoms with Gasteiger partial charge in [0.1, 0.15) is 16.6 Å². The fraction of sp³-hybridized carbons (Fsp3) is 0.150. The number of nitrogens with one attached hydrogen (secondary N) is 1. The summed E-state index contributed by atoms with van der Waals surface area (Å²) in [6, 6.07) is 11.3. The average Bonchev–Trinajstić information content (AvgIpc) is 2.97. The number of amides is 2. The number of methoxy groups -OCH3 is 2. The number of carbonyl (C=O) groups is 2. The Bertz CT molecular complexity index is 989. The third-order valence-electron chi connectivity index (χ3n) is 4.03. The molecule has 0 atom stereocenters. The number of nitrogens with zero attached hydrogens (tertiary/aromatic N) is 1. The van der Waals surface area contributed by atoms with Crippen molar-refractivity contribution in [2.45, 2.75) is 0 Å². The first kappa shape index (κ1) is 20.7. The molecule has 9 heteroatoms. The van der Waals surface area contributed by atoms with E-state index in [4.69, 9.17) is 21.7 Å². The van der Waals surface area contributed by atoms with E-state index in [1.165, 1.54) is 24.1 Å². The fourth-order valence-electron chi connectivity index (χ4n) is 2.62. The number of hydrogen-bond acceptors (Lipinski definition) is 7. The quantitative estimate of drug-likeness (QED) is 0.413. The molecule has 1 aliphatic rings. The van der Waals surface area contributed by atoms with Crippen molar-refractivity contribution >= 4 is 51.9 Å². The van der Waals surface area contributed by atoms with Crippen LogP contribution < -0.4 is 14.8 Å². The van der Waals surface area contributed by atoms with Gasteiger partial charge in [0.05, 0.1) is 19.1 Å². The molecule has 7 nitrogen and oxygen atoms in total. The van der Waals surface area contributed by atoms with Crippen molar-refractivity contribution in [3.05, 3.63) is 52.9 Å². The van der Waals surface area contributed by atoms with Gasteiger partial charge in [0.25, 0.3) is 5.91 Å². The van der Waals surface area contributed by atoms with Crippen LogP contribution >= 0.6 is 24.0 Å². The lowest BCUT2D eigenvalue weighted by atomic mass is 10.2. The Hall–Kier alpha value is -3.04. The van der Waals surface area contributed by atoms with E-state index in [2.05, 4.69) is 5.32 Å². The fourth-order valence-corrected chi connectivity index (χ4v) is 3.87. The number of phenols is 1. The molecule has 150 valence electrons. The first-order chi connectivity index (χ1) is 13.9.